The number of rotatable bonds is 10. The van der Waals surface area contributed by atoms with Gasteiger partial charge in [-0.05, 0) is 25.5 Å². The summed E-state index contributed by atoms with van der Waals surface area (Å²) < 4.78 is 21.9. The van der Waals surface area contributed by atoms with Crippen LogP contribution in [0.1, 0.15) is 58.6 Å². The molecule has 0 unspecified atom stereocenters. The molecule has 0 aliphatic carbocycles. The third-order valence-electron chi connectivity index (χ3n) is 6.20. The van der Waals surface area contributed by atoms with E-state index in [2.05, 4.69) is 10.5 Å². The maximum atomic E-state index is 13.4. The molecule has 2 aliphatic rings. The number of esters is 3. The van der Waals surface area contributed by atoms with E-state index in [0.717, 1.165) is 32.3 Å². The molecule has 1 aromatic carbocycles. The van der Waals surface area contributed by atoms with Crippen molar-refractivity contribution < 1.29 is 47.8 Å². The van der Waals surface area contributed by atoms with Gasteiger partial charge in [-0.1, -0.05) is 30.1 Å². The Kier molecular flexibility index (Phi) is 10.2. The topological polar surface area (TPSA) is 159 Å². The Morgan fingerprint density at radius 2 is 1.70 bits per heavy atom. The minimum absolute atomic E-state index is 0.0302. The molecule has 1 aromatic rings. The van der Waals surface area contributed by atoms with Crippen molar-refractivity contribution in [3.63, 3.8) is 0 Å². The summed E-state index contributed by atoms with van der Waals surface area (Å²) >= 11 is 0. The molecule has 3 rings (SSSR count). The fraction of sp³-hybridized carbons (Fsp3) is 0.556. The Bertz CT molecular complexity index is 1180. The molecule has 1 fully saturated rings. The van der Waals surface area contributed by atoms with E-state index in [0.29, 0.717) is 17.8 Å². The van der Waals surface area contributed by atoms with Crippen molar-refractivity contribution in [2.75, 3.05) is 18.1 Å². The van der Waals surface area contributed by atoms with E-state index in [1.54, 1.807) is 4.90 Å². The van der Waals surface area contributed by atoms with Crippen LogP contribution in [-0.2, 0) is 47.8 Å². The zero-order valence-corrected chi connectivity index (χ0v) is 23.4. The fourth-order valence-corrected chi connectivity index (χ4v) is 4.54. The highest BCUT2D eigenvalue weighted by molar-refractivity contribution is 6.54. The molecule has 0 radical (unpaired) electrons. The van der Waals surface area contributed by atoms with Crippen LogP contribution in [0.25, 0.3) is 0 Å². The Morgan fingerprint density at radius 1 is 1.02 bits per heavy atom. The van der Waals surface area contributed by atoms with Crippen LogP contribution in [0, 0.1) is 6.92 Å². The van der Waals surface area contributed by atoms with Crippen LogP contribution >= 0.6 is 0 Å². The summed E-state index contributed by atoms with van der Waals surface area (Å²) in [4.78, 5) is 68.3. The summed E-state index contributed by atoms with van der Waals surface area (Å²) in [7, 11) is 0. The van der Waals surface area contributed by atoms with Crippen LogP contribution < -0.4 is 10.2 Å². The molecule has 13 nitrogen and oxygen atoms in total. The van der Waals surface area contributed by atoms with Crippen molar-refractivity contribution in [3.8, 4) is 0 Å². The second-order valence-corrected chi connectivity index (χ2v) is 9.60. The first kappa shape index (κ1) is 30.5. The fourth-order valence-electron chi connectivity index (χ4n) is 4.54. The van der Waals surface area contributed by atoms with Gasteiger partial charge in [0.1, 0.15) is 18.8 Å². The van der Waals surface area contributed by atoms with Crippen molar-refractivity contribution in [2.45, 2.75) is 85.0 Å². The van der Waals surface area contributed by atoms with E-state index in [-0.39, 0.29) is 18.2 Å². The van der Waals surface area contributed by atoms with Crippen LogP contribution in [0.5, 0.6) is 0 Å². The first-order chi connectivity index (χ1) is 18.9. The van der Waals surface area contributed by atoms with Gasteiger partial charge in [-0.2, -0.15) is 0 Å². The van der Waals surface area contributed by atoms with E-state index in [1.807, 2.05) is 32.0 Å². The number of carbonyl (C=O) groups is 5. The molecule has 2 heterocycles. The van der Waals surface area contributed by atoms with Gasteiger partial charge < -0.3 is 34.0 Å². The Labute approximate surface area is 232 Å². The van der Waals surface area contributed by atoms with Gasteiger partial charge in [-0.25, -0.2) is 0 Å². The van der Waals surface area contributed by atoms with Crippen molar-refractivity contribution in [3.05, 3.63) is 29.3 Å². The zero-order chi connectivity index (χ0) is 29.6. The summed E-state index contributed by atoms with van der Waals surface area (Å²) in [5.74, 6) is -3.00. The number of nitrogens with one attached hydrogen (secondary N) is 1. The van der Waals surface area contributed by atoms with Gasteiger partial charge in [0, 0.05) is 39.8 Å². The summed E-state index contributed by atoms with van der Waals surface area (Å²) in [5, 5.41) is 6.75. The second-order valence-electron chi connectivity index (χ2n) is 9.60. The molecule has 13 heteroatoms. The number of oxime groups is 1. The number of ether oxygens (including phenoxy) is 4. The van der Waals surface area contributed by atoms with Crippen LogP contribution in [-0.4, -0.2) is 79.2 Å². The van der Waals surface area contributed by atoms with Crippen molar-refractivity contribution >= 4 is 41.1 Å². The van der Waals surface area contributed by atoms with Crippen molar-refractivity contribution in [1.82, 2.24) is 5.32 Å². The number of carbonyl (C=O) groups excluding carboxylic acids is 5. The zero-order valence-electron chi connectivity index (χ0n) is 23.4. The lowest BCUT2D eigenvalue weighted by Gasteiger charge is -2.43. The number of hydrogen-bond acceptors (Lipinski definition) is 11. The number of aryl methyl sites for hydroxylation is 1. The lowest BCUT2D eigenvalue weighted by molar-refractivity contribution is -0.278. The van der Waals surface area contributed by atoms with Crippen LogP contribution in [0.15, 0.2) is 23.4 Å². The molecule has 2 amide bonds. The van der Waals surface area contributed by atoms with Gasteiger partial charge >= 0.3 is 17.9 Å². The summed E-state index contributed by atoms with van der Waals surface area (Å²) in [6, 6.07) is 4.34. The molecule has 0 saturated carbocycles. The molecule has 218 valence electrons. The van der Waals surface area contributed by atoms with E-state index in [4.69, 9.17) is 23.8 Å². The number of benzene rings is 1. The van der Waals surface area contributed by atoms with Crippen LogP contribution in [0.4, 0.5) is 5.69 Å². The van der Waals surface area contributed by atoms with E-state index in [9.17, 15) is 24.0 Å². The molecular formula is C27H35N3O10. The van der Waals surface area contributed by atoms with Gasteiger partial charge in [0.15, 0.2) is 17.9 Å². The third-order valence-corrected chi connectivity index (χ3v) is 6.20. The molecule has 40 heavy (non-hydrogen) atoms. The maximum absolute atomic E-state index is 13.4. The molecule has 1 saturated heterocycles. The van der Waals surface area contributed by atoms with E-state index >= 15 is 0 Å². The largest absolute Gasteiger partial charge is 0.463 e. The minimum Gasteiger partial charge on any atom is -0.463 e. The number of hydrogen-bond donors (Lipinski definition) is 1. The van der Waals surface area contributed by atoms with Gasteiger partial charge in [0.25, 0.3) is 12.2 Å². The summed E-state index contributed by atoms with van der Waals surface area (Å²) in [5.41, 5.74) is 2.19. The van der Waals surface area contributed by atoms with Gasteiger partial charge in [0.05, 0.1) is 5.69 Å². The summed E-state index contributed by atoms with van der Waals surface area (Å²) in [6.07, 6.45) is -3.51. The van der Waals surface area contributed by atoms with Gasteiger partial charge in [0.2, 0.25) is 5.91 Å². The van der Waals surface area contributed by atoms with Crippen molar-refractivity contribution in [1.29, 1.82) is 0 Å². The number of amides is 2. The van der Waals surface area contributed by atoms with Gasteiger partial charge in [-0.15, -0.1) is 0 Å². The highest BCUT2D eigenvalue weighted by Crippen LogP contribution is 2.32. The number of fused-ring (bicyclic) bond motifs is 1. The van der Waals surface area contributed by atoms with Crippen LogP contribution in [0.3, 0.4) is 0 Å². The average Bonchev–Trinajstić information content (AvgIpc) is 3.11. The average molecular weight is 562 g/mol. The first-order valence-corrected chi connectivity index (χ1v) is 13.0. The highest BCUT2D eigenvalue weighted by atomic mass is 16.8. The van der Waals surface area contributed by atoms with Crippen LogP contribution in [0.2, 0.25) is 0 Å². The normalized spacial score (nSPS) is 24.8. The number of anilines is 1. The lowest BCUT2D eigenvalue weighted by atomic mass is 9.96. The number of nitrogens with zero attached hydrogens (tertiary/aromatic N) is 2. The standard InChI is InChI=1S/C27H35N3O10/c1-7-8-11-30-20-10-9-14(2)12-19(20)22(26(30)35)29-40-27-23(28-15(3)31)25(38-18(6)34)24(37-17(5)33)21(39-27)13-36-16(4)32/h9-10,12,21,23-25,27H,7-8,11,13H2,1-6H3,(H,28,31)/b29-22+/t21-,23-,24+,25-,27+/m0/s1. The maximum Gasteiger partial charge on any atom is 0.303 e. The van der Waals surface area contributed by atoms with E-state index < -0.39 is 54.5 Å². The molecule has 2 aliphatic heterocycles. The molecular weight excluding hydrogens is 526 g/mol. The minimum atomic E-state index is -1.43. The highest BCUT2D eigenvalue weighted by Gasteiger charge is 2.52. The second kappa shape index (κ2) is 13.4. The third kappa shape index (κ3) is 7.34. The SMILES string of the molecule is CCCCN1C(=O)/C(=N/O[C@H]2O[C@@H](COC(C)=O)[C@@H](OC(C)=O)[C@@H](OC(C)=O)[C@@H]2NC(C)=O)c2cc(C)ccc21. The van der Waals surface area contributed by atoms with E-state index in [1.165, 1.54) is 13.8 Å². The Hall–Kier alpha value is -4.00. The first-order valence-electron chi connectivity index (χ1n) is 13.0. The van der Waals surface area contributed by atoms with Gasteiger partial charge in [-0.3, -0.25) is 24.0 Å². The quantitative estimate of drug-likeness (QED) is 0.252. The molecule has 0 aromatic heterocycles. The Balaban J connectivity index is 2.02. The molecule has 5 atom stereocenters. The predicted molar refractivity (Wildman–Crippen MR) is 140 cm³/mol. The molecule has 1 N–H and O–H groups in total. The van der Waals surface area contributed by atoms with Crippen molar-refractivity contribution in [2.24, 2.45) is 5.16 Å². The lowest BCUT2D eigenvalue weighted by Crippen LogP contribution is -2.66. The predicted octanol–water partition coefficient (Wildman–Crippen LogP) is 1.52. The molecule has 0 spiro atoms. The smallest absolute Gasteiger partial charge is 0.303 e. The summed E-state index contributed by atoms with van der Waals surface area (Å²) in [6.45, 7) is 8.70. The monoisotopic (exact) mass is 561 g/mol. The Morgan fingerprint density at radius 3 is 2.30 bits per heavy atom. The molecule has 0 bridgehead atoms. The number of unbranched alkanes of at least 4 members (excludes halogenated alkanes) is 1.